The molecule has 3 rings (SSSR count). The summed E-state index contributed by atoms with van der Waals surface area (Å²) in [6.45, 7) is 4.15. The fraction of sp³-hybridized carbons (Fsp3) is 0.174. The molecular formula is C23H22O7. The van der Waals surface area contributed by atoms with Crippen molar-refractivity contribution in [1.29, 1.82) is 0 Å². The molecule has 0 atom stereocenters. The molecule has 0 amide bonds. The summed E-state index contributed by atoms with van der Waals surface area (Å²) in [4.78, 5) is 33.5. The van der Waals surface area contributed by atoms with Crippen LogP contribution in [0.1, 0.15) is 44.9 Å². The lowest BCUT2D eigenvalue weighted by Gasteiger charge is -2.03. The van der Waals surface area contributed by atoms with Crippen molar-refractivity contribution in [2.45, 2.75) is 13.8 Å². The van der Waals surface area contributed by atoms with Gasteiger partial charge in [0.2, 0.25) is 0 Å². The maximum absolute atomic E-state index is 11.3. The van der Waals surface area contributed by atoms with Gasteiger partial charge in [0.1, 0.15) is 11.3 Å². The number of carbonyl (C=O) groups is 3. The molecule has 0 radical (unpaired) electrons. The molecule has 156 valence electrons. The number of ether oxygens (including phenoxy) is 2. The van der Waals surface area contributed by atoms with Gasteiger partial charge in [0.05, 0.1) is 24.3 Å². The molecule has 7 nitrogen and oxygen atoms in total. The van der Waals surface area contributed by atoms with E-state index in [1.54, 1.807) is 62.4 Å². The van der Waals surface area contributed by atoms with E-state index in [1.165, 1.54) is 6.07 Å². The van der Waals surface area contributed by atoms with Crippen molar-refractivity contribution >= 4 is 28.7 Å². The summed E-state index contributed by atoms with van der Waals surface area (Å²) in [5.74, 6) is -2.09. The number of carboxylic acid groups (broad SMARTS) is 1. The van der Waals surface area contributed by atoms with Crippen LogP contribution in [0.15, 0.2) is 60.7 Å². The van der Waals surface area contributed by atoms with E-state index in [1.807, 2.05) is 6.07 Å². The molecule has 0 unspecified atom stereocenters. The Labute approximate surface area is 173 Å². The molecule has 2 N–H and O–H groups in total. The van der Waals surface area contributed by atoms with Gasteiger partial charge >= 0.3 is 17.9 Å². The Morgan fingerprint density at radius 2 is 1.27 bits per heavy atom. The third-order valence-electron chi connectivity index (χ3n) is 4.03. The third kappa shape index (κ3) is 5.57. The fourth-order valence-electron chi connectivity index (χ4n) is 2.66. The van der Waals surface area contributed by atoms with Crippen LogP contribution in [0.2, 0.25) is 0 Å². The second-order valence-electron chi connectivity index (χ2n) is 6.00. The number of hydrogen-bond acceptors (Lipinski definition) is 6. The number of fused-ring (bicyclic) bond motifs is 1. The number of rotatable bonds is 5. The van der Waals surface area contributed by atoms with Gasteiger partial charge < -0.3 is 19.7 Å². The predicted octanol–water partition coefficient (Wildman–Crippen LogP) is 4.28. The van der Waals surface area contributed by atoms with Crippen LogP contribution in [0.3, 0.4) is 0 Å². The highest BCUT2D eigenvalue weighted by molar-refractivity contribution is 6.06. The van der Waals surface area contributed by atoms with Crippen molar-refractivity contribution in [3.05, 3.63) is 77.4 Å². The lowest BCUT2D eigenvalue weighted by molar-refractivity contribution is 0.0511. The molecule has 3 aromatic rings. The average Bonchev–Trinajstić information content (AvgIpc) is 2.74. The average molecular weight is 410 g/mol. The van der Waals surface area contributed by atoms with Gasteiger partial charge in [0.25, 0.3) is 0 Å². The first-order chi connectivity index (χ1) is 14.4. The summed E-state index contributed by atoms with van der Waals surface area (Å²) < 4.78 is 9.64. The molecule has 0 saturated carbocycles. The Morgan fingerprint density at radius 1 is 0.767 bits per heavy atom. The quantitative estimate of drug-likeness (QED) is 0.604. The van der Waals surface area contributed by atoms with Gasteiger partial charge in [-0.3, -0.25) is 0 Å². The smallest absolute Gasteiger partial charge is 0.340 e. The zero-order chi connectivity index (χ0) is 22.1. The molecule has 0 bridgehead atoms. The summed E-state index contributed by atoms with van der Waals surface area (Å²) in [6.07, 6.45) is 0. The molecule has 0 aromatic heterocycles. The highest BCUT2D eigenvalue weighted by Crippen LogP contribution is 2.26. The number of carbonyl (C=O) groups excluding carboxylic acids is 2. The van der Waals surface area contributed by atoms with E-state index >= 15 is 0 Å². The Kier molecular flexibility index (Phi) is 7.93. The molecule has 3 aromatic carbocycles. The Hall–Kier alpha value is -3.87. The molecule has 0 aliphatic rings. The molecule has 0 saturated heterocycles. The molecule has 30 heavy (non-hydrogen) atoms. The van der Waals surface area contributed by atoms with E-state index in [4.69, 9.17) is 14.6 Å². The standard InChI is InChI=1S/C12H14O4.C11H8O3/c1-3-15-11(13)9-5-7-10(8-6-9)12(14)16-4-2;12-9-6-5-7-3-1-2-4-8(7)10(9)11(13)14/h5-8H,3-4H2,1-2H3;1-6,12H,(H,13,14). The number of phenols is 1. The van der Waals surface area contributed by atoms with Crippen LogP contribution in [-0.4, -0.2) is 41.3 Å². The third-order valence-corrected chi connectivity index (χ3v) is 4.03. The number of benzene rings is 3. The molecule has 7 heteroatoms. The van der Waals surface area contributed by atoms with Gasteiger partial charge in [-0.15, -0.1) is 0 Å². The SMILES string of the molecule is CCOC(=O)c1ccc(C(=O)OCC)cc1.O=C(O)c1c(O)ccc2ccccc12. The summed E-state index contributed by atoms with van der Waals surface area (Å²) in [5.41, 5.74) is 0.813. The first kappa shape index (κ1) is 22.4. The normalized spacial score (nSPS) is 9.93. The maximum Gasteiger partial charge on any atom is 0.340 e. The minimum atomic E-state index is -1.11. The van der Waals surface area contributed by atoms with Gasteiger partial charge in [-0.1, -0.05) is 30.3 Å². The molecule has 0 spiro atoms. The Morgan fingerprint density at radius 3 is 1.73 bits per heavy atom. The molecule has 0 fully saturated rings. The number of aromatic hydroxyl groups is 1. The highest BCUT2D eigenvalue weighted by atomic mass is 16.5. The monoisotopic (exact) mass is 410 g/mol. The van der Waals surface area contributed by atoms with Crippen LogP contribution in [-0.2, 0) is 9.47 Å². The summed E-state index contributed by atoms with van der Waals surface area (Å²) in [7, 11) is 0. The van der Waals surface area contributed by atoms with E-state index in [-0.39, 0.29) is 11.3 Å². The van der Waals surface area contributed by atoms with Gasteiger partial charge in [0, 0.05) is 0 Å². The lowest BCUT2D eigenvalue weighted by atomic mass is 10.0. The van der Waals surface area contributed by atoms with Crippen molar-refractivity contribution in [1.82, 2.24) is 0 Å². The van der Waals surface area contributed by atoms with E-state index < -0.39 is 17.9 Å². The van der Waals surface area contributed by atoms with Gasteiger partial charge in [-0.2, -0.15) is 0 Å². The number of aromatic carboxylic acids is 1. The second kappa shape index (κ2) is 10.6. The highest BCUT2D eigenvalue weighted by Gasteiger charge is 2.13. The molecular weight excluding hydrogens is 388 g/mol. The van der Waals surface area contributed by atoms with Crippen LogP contribution < -0.4 is 0 Å². The summed E-state index contributed by atoms with van der Waals surface area (Å²) in [5, 5.41) is 19.7. The van der Waals surface area contributed by atoms with Gasteiger partial charge in [-0.25, -0.2) is 14.4 Å². The van der Waals surface area contributed by atoms with Crippen molar-refractivity contribution in [2.24, 2.45) is 0 Å². The maximum atomic E-state index is 11.3. The topological polar surface area (TPSA) is 110 Å². The molecule has 0 aliphatic heterocycles. The van der Waals surface area contributed by atoms with E-state index in [0.29, 0.717) is 29.7 Å². The van der Waals surface area contributed by atoms with Crippen molar-refractivity contribution in [3.63, 3.8) is 0 Å². The predicted molar refractivity (Wildman–Crippen MR) is 111 cm³/mol. The van der Waals surface area contributed by atoms with Crippen LogP contribution in [0.4, 0.5) is 0 Å². The summed E-state index contributed by atoms with van der Waals surface area (Å²) in [6, 6.07) is 16.3. The van der Waals surface area contributed by atoms with Crippen LogP contribution >= 0.6 is 0 Å². The second-order valence-corrected chi connectivity index (χ2v) is 6.00. The first-order valence-electron chi connectivity index (χ1n) is 9.27. The molecule has 0 heterocycles. The zero-order valence-electron chi connectivity index (χ0n) is 16.6. The number of hydrogen-bond donors (Lipinski definition) is 2. The minimum absolute atomic E-state index is 0.0388. The van der Waals surface area contributed by atoms with Crippen LogP contribution in [0, 0.1) is 0 Å². The van der Waals surface area contributed by atoms with Crippen molar-refractivity contribution in [3.8, 4) is 5.75 Å². The summed E-state index contributed by atoms with van der Waals surface area (Å²) >= 11 is 0. The molecule has 0 aliphatic carbocycles. The van der Waals surface area contributed by atoms with E-state index in [0.717, 1.165) is 5.39 Å². The van der Waals surface area contributed by atoms with Gasteiger partial charge in [0.15, 0.2) is 0 Å². The Bertz CT molecular complexity index is 1000. The largest absolute Gasteiger partial charge is 0.507 e. The van der Waals surface area contributed by atoms with Crippen LogP contribution in [0.5, 0.6) is 5.75 Å². The minimum Gasteiger partial charge on any atom is -0.507 e. The Balaban J connectivity index is 0.000000215. The first-order valence-corrected chi connectivity index (χ1v) is 9.27. The zero-order valence-corrected chi connectivity index (χ0v) is 16.6. The fourth-order valence-corrected chi connectivity index (χ4v) is 2.66. The number of esters is 2. The number of carboxylic acids is 1. The van der Waals surface area contributed by atoms with Crippen LogP contribution in [0.25, 0.3) is 10.8 Å². The van der Waals surface area contributed by atoms with E-state index in [2.05, 4.69) is 0 Å². The van der Waals surface area contributed by atoms with E-state index in [9.17, 15) is 19.5 Å². The van der Waals surface area contributed by atoms with Crippen molar-refractivity contribution < 1.29 is 34.1 Å². The lowest BCUT2D eigenvalue weighted by Crippen LogP contribution is -2.07. The van der Waals surface area contributed by atoms with Crippen molar-refractivity contribution in [2.75, 3.05) is 13.2 Å². The van der Waals surface area contributed by atoms with Gasteiger partial charge in [-0.05, 0) is 55.0 Å².